The normalized spacial score (nSPS) is 11.1. The number of aromatic nitrogens is 3. The molecule has 0 aliphatic heterocycles. The van der Waals surface area contributed by atoms with Crippen molar-refractivity contribution in [1.82, 2.24) is 20.3 Å². The van der Waals surface area contributed by atoms with E-state index in [1.54, 1.807) is 23.7 Å². The molecule has 1 N–H and O–H groups in total. The molecule has 108 valence electrons. The highest BCUT2D eigenvalue weighted by Gasteiger charge is 2.11. The van der Waals surface area contributed by atoms with E-state index in [9.17, 15) is 0 Å². The number of thiazole rings is 1. The third kappa shape index (κ3) is 2.94. The third-order valence-corrected chi connectivity index (χ3v) is 4.51. The molecule has 4 nitrogen and oxygen atoms in total. The summed E-state index contributed by atoms with van der Waals surface area (Å²) < 4.78 is 0. The van der Waals surface area contributed by atoms with Crippen molar-refractivity contribution in [3.05, 3.63) is 41.2 Å². The fraction of sp³-hybridized carbons (Fsp3) is 0.312. The molecule has 0 unspecified atom stereocenters. The lowest BCUT2D eigenvalue weighted by Gasteiger charge is -1.99. The third-order valence-electron chi connectivity index (χ3n) is 3.36. The van der Waals surface area contributed by atoms with Crippen molar-refractivity contribution in [1.29, 1.82) is 0 Å². The maximum Gasteiger partial charge on any atom is 0.123 e. The van der Waals surface area contributed by atoms with Crippen molar-refractivity contribution in [3.8, 4) is 10.6 Å². The molecule has 0 saturated heterocycles. The van der Waals surface area contributed by atoms with Crippen LogP contribution in [0.2, 0.25) is 0 Å². The smallest absolute Gasteiger partial charge is 0.123 e. The Kier molecular flexibility index (Phi) is 4.22. The van der Waals surface area contributed by atoms with E-state index in [1.807, 2.05) is 6.07 Å². The van der Waals surface area contributed by atoms with Gasteiger partial charge in [0.1, 0.15) is 5.01 Å². The zero-order chi connectivity index (χ0) is 14.7. The standard InChI is InChI=1S/C16H18N4S/c1-3-12-15(10-17-4-2)21-16(20-12)11-5-6-13-14(9-11)19-8-7-18-13/h5-9,17H,3-4,10H2,1-2H3. The first kappa shape index (κ1) is 14.1. The van der Waals surface area contributed by atoms with Crippen LogP contribution < -0.4 is 5.32 Å². The van der Waals surface area contributed by atoms with Gasteiger partial charge in [-0.15, -0.1) is 11.3 Å². The van der Waals surface area contributed by atoms with Crippen LogP contribution in [-0.4, -0.2) is 21.5 Å². The summed E-state index contributed by atoms with van der Waals surface area (Å²) in [5, 5.41) is 4.44. The van der Waals surface area contributed by atoms with Gasteiger partial charge in [-0.05, 0) is 31.2 Å². The van der Waals surface area contributed by atoms with Crippen molar-refractivity contribution in [2.24, 2.45) is 0 Å². The molecular weight excluding hydrogens is 280 g/mol. The van der Waals surface area contributed by atoms with Crippen LogP contribution in [0.5, 0.6) is 0 Å². The predicted octanol–water partition coefficient (Wildman–Crippen LogP) is 3.43. The fourth-order valence-electron chi connectivity index (χ4n) is 2.26. The van der Waals surface area contributed by atoms with Crippen LogP contribution >= 0.6 is 11.3 Å². The van der Waals surface area contributed by atoms with Crippen LogP contribution in [0.15, 0.2) is 30.6 Å². The van der Waals surface area contributed by atoms with E-state index in [0.29, 0.717) is 0 Å². The van der Waals surface area contributed by atoms with E-state index in [-0.39, 0.29) is 0 Å². The zero-order valence-corrected chi connectivity index (χ0v) is 13.1. The summed E-state index contributed by atoms with van der Waals surface area (Å²) in [5.74, 6) is 0. The second-order valence-corrected chi connectivity index (χ2v) is 5.87. The molecule has 0 spiro atoms. The summed E-state index contributed by atoms with van der Waals surface area (Å²) >= 11 is 1.76. The maximum absolute atomic E-state index is 4.79. The summed E-state index contributed by atoms with van der Waals surface area (Å²) in [7, 11) is 0. The SMILES string of the molecule is CCNCc1sc(-c2ccc3nccnc3c2)nc1CC. The van der Waals surface area contributed by atoms with E-state index >= 15 is 0 Å². The number of aryl methyl sites for hydroxylation is 1. The lowest BCUT2D eigenvalue weighted by atomic mass is 10.2. The van der Waals surface area contributed by atoms with Crippen LogP contribution in [-0.2, 0) is 13.0 Å². The number of fused-ring (bicyclic) bond motifs is 1. The molecule has 0 bridgehead atoms. The minimum absolute atomic E-state index is 0.894. The minimum Gasteiger partial charge on any atom is -0.312 e. The molecule has 0 saturated carbocycles. The molecule has 0 fully saturated rings. The first-order valence-corrected chi connectivity index (χ1v) is 8.04. The Morgan fingerprint density at radius 1 is 1.10 bits per heavy atom. The van der Waals surface area contributed by atoms with Gasteiger partial charge in [0.15, 0.2) is 0 Å². The van der Waals surface area contributed by atoms with Gasteiger partial charge in [0.05, 0.1) is 16.7 Å². The molecule has 0 aliphatic carbocycles. The molecule has 0 atom stereocenters. The van der Waals surface area contributed by atoms with Gasteiger partial charge < -0.3 is 5.32 Å². The van der Waals surface area contributed by atoms with Crippen LogP contribution in [0.25, 0.3) is 21.6 Å². The lowest BCUT2D eigenvalue weighted by molar-refractivity contribution is 0.727. The van der Waals surface area contributed by atoms with Crippen molar-refractivity contribution >= 4 is 22.4 Å². The molecular formula is C16H18N4S. The number of hydrogen-bond acceptors (Lipinski definition) is 5. The topological polar surface area (TPSA) is 50.7 Å². The summed E-state index contributed by atoms with van der Waals surface area (Å²) in [4.78, 5) is 14.8. The monoisotopic (exact) mass is 298 g/mol. The number of rotatable bonds is 5. The van der Waals surface area contributed by atoms with Gasteiger partial charge in [-0.2, -0.15) is 0 Å². The van der Waals surface area contributed by atoms with Crippen molar-refractivity contribution in [3.63, 3.8) is 0 Å². The van der Waals surface area contributed by atoms with Gasteiger partial charge in [-0.1, -0.05) is 13.8 Å². The Hall–Kier alpha value is -1.85. The first-order chi connectivity index (χ1) is 10.3. The van der Waals surface area contributed by atoms with Gasteiger partial charge in [0.2, 0.25) is 0 Å². The van der Waals surface area contributed by atoms with E-state index < -0.39 is 0 Å². The first-order valence-electron chi connectivity index (χ1n) is 7.22. The van der Waals surface area contributed by atoms with Crippen molar-refractivity contribution in [2.45, 2.75) is 26.8 Å². The molecule has 21 heavy (non-hydrogen) atoms. The molecule has 3 rings (SSSR count). The quantitative estimate of drug-likeness (QED) is 0.784. The highest BCUT2D eigenvalue weighted by molar-refractivity contribution is 7.15. The van der Waals surface area contributed by atoms with E-state index in [0.717, 1.165) is 41.1 Å². The van der Waals surface area contributed by atoms with Gasteiger partial charge in [0.25, 0.3) is 0 Å². The summed E-state index contributed by atoms with van der Waals surface area (Å²) in [5.41, 5.74) is 4.14. The Bertz CT molecular complexity index is 751. The predicted molar refractivity (Wildman–Crippen MR) is 87.4 cm³/mol. The van der Waals surface area contributed by atoms with E-state index in [2.05, 4.69) is 41.3 Å². The Morgan fingerprint density at radius 2 is 1.90 bits per heavy atom. The fourth-order valence-corrected chi connectivity index (χ4v) is 3.37. The molecule has 0 amide bonds. The number of hydrogen-bond donors (Lipinski definition) is 1. The number of nitrogens with zero attached hydrogens (tertiary/aromatic N) is 3. The van der Waals surface area contributed by atoms with Crippen LogP contribution in [0.4, 0.5) is 0 Å². The number of benzene rings is 1. The molecule has 3 aromatic rings. The largest absolute Gasteiger partial charge is 0.312 e. The molecule has 0 radical (unpaired) electrons. The molecule has 0 aliphatic rings. The lowest BCUT2D eigenvalue weighted by Crippen LogP contribution is -2.11. The number of nitrogens with one attached hydrogen (secondary N) is 1. The maximum atomic E-state index is 4.79. The van der Waals surface area contributed by atoms with Crippen molar-refractivity contribution in [2.75, 3.05) is 6.54 Å². The Morgan fingerprint density at radius 3 is 2.67 bits per heavy atom. The average Bonchev–Trinajstić information content (AvgIpc) is 2.95. The van der Waals surface area contributed by atoms with E-state index in [4.69, 9.17) is 4.98 Å². The summed E-state index contributed by atoms with van der Waals surface area (Å²) in [6, 6.07) is 6.15. The highest BCUT2D eigenvalue weighted by atomic mass is 32.1. The van der Waals surface area contributed by atoms with Gasteiger partial charge in [-0.3, -0.25) is 9.97 Å². The Labute approximate surface area is 128 Å². The molecule has 2 heterocycles. The second kappa shape index (κ2) is 6.28. The van der Waals surface area contributed by atoms with Gasteiger partial charge in [-0.25, -0.2) is 4.98 Å². The van der Waals surface area contributed by atoms with Crippen LogP contribution in [0.3, 0.4) is 0 Å². The van der Waals surface area contributed by atoms with E-state index in [1.165, 1.54) is 10.6 Å². The van der Waals surface area contributed by atoms with Gasteiger partial charge in [0, 0.05) is 29.4 Å². The summed E-state index contributed by atoms with van der Waals surface area (Å²) in [6.07, 6.45) is 4.40. The van der Waals surface area contributed by atoms with Gasteiger partial charge >= 0.3 is 0 Å². The molecule has 2 aromatic heterocycles. The highest BCUT2D eigenvalue weighted by Crippen LogP contribution is 2.29. The van der Waals surface area contributed by atoms with Crippen LogP contribution in [0, 0.1) is 0 Å². The second-order valence-electron chi connectivity index (χ2n) is 4.78. The Balaban J connectivity index is 1.99. The molecule has 1 aromatic carbocycles. The van der Waals surface area contributed by atoms with Crippen LogP contribution in [0.1, 0.15) is 24.4 Å². The molecule has 5 heteroatoms. The summed E-state index contributed by atoms with van der Waals surface area (Å²) in [6.45, 7) is 6.14. The van der Waals surface area contributed by atoms with Crippen molar-refractivity contribution < 1.29 is 0 Å². The minimum atomic E-state index is 0.894. The zero-order valence-electron chi connectivity index (χ0n) is 12.3. The average molecular weight is 298 g/mol.